The second kappa shape index (κ2) is 9.49. The maximum Gasteiger partial charge on any atom is 0.230 e. The van der Waals surface area contributed by atoms with Gasteiger partial charge in [-0.1, -0.05) is 12.1 Å². The number of rotatable bonds is 7. The van der Waals surface area contributed by atoms with E-state index in [4.69, 9.17) is 18.9 Å². The van der Waals surface area contributed by atoms with Crippen LogP contribution in [0.15, 0.2) is 47.1 Å². The molecule has 0 bridgehead atoms. The predicted molar refractivity (Wildman–Crippen MR) is 117 cm³/mol. The van der Waals surface area contributed by atoms with Crippen molar-refractivity contribution in [2.45, 2.75) is 32.4 Å². The van der Waals surface area contributed by atoms with Crippen molar-refractivity contribution in [3.05, 3.63) is 59.7 Å². The molecule has 0 radical (unpaired) electrons. The van der Waals surface area contributed by atoms with E-state index in [0.717, 1.165) is 55.1 Å². The number of methoxy groups -OCH3 is 2. The van der Waals surface area contributed by atoms with Crippen molar-refractivity contribution in [1.82, 2.24) is 14.9 Å². The molecule has 0 amide bonds. The Balaban J connectivity index is 1.42. The first kappa shape index (κ1) is 21.3. The van der Waals surface area contributed by atoms with Crippen molar-refractivity contribution in [3.63, 3.8) is 0 Å². The molecule has 1 N–H and O–H groups in total. The average Bonchev–Trinajstić information content (AvgIpc) is 3.18. The first-order valence-electron chi connectivity index (χ1n) is 10.6. The van der Waals surface area contributed by atoms with E-state index in [1.165, 1.54) is 0 Å². The van der Waals surface area contributed by atoms with Crippen LogP contribution in [-0.4, -0.2) is 47.3 Å². The highest BCUT2D eigenvalue weighted by Gasteiger charge is 2.27. The third kappa shape index (κ3) is 4.57. The standard InChI is InChI=1S/C24H29N3O4/c1-16-20(26-24(31-16)19-7-4-8-21(29-2)23(19)30-3)15-27-12-9-17(10-13-27)22(28)18-6-5-11-25-14-18/h4-8,11,14,17,22,28H,9-10,12-13,15H2,1-3H3. The number of hydrogen-bond donors (Lipinski definition) is 1. The molecule has 1 unspecified atom stereocenters. The number of aliphatic hydroxyl groups is 1. The Morgan fingerprint density at radius 1 is 1.16 bits per heavy atom. The fraction of sp³-hybridized carbons (Fsp3) is 0.417. The summed E-state index contributed by atoms with van der Waals surface area (Å²) in [6, 6.07) is 9.48. The zero-order chi connectivity index (χ0) is 21.8. The molecule has 1 fully saturated rings. The van der Waals surface area contributed by atoms with Crippen LogP contribution in [0.3, 0.4) is 0 Å². The van der Waals surface area contributed by atoms with Gasteiger partial charge in [0, 0.05) is 18.9 Å². The van der Waals surface area contributed by atoms with Crippen molar-refractivity contribution < 1.29 is 19.0 Å². The quantitative estimate of drug-likeness (QED) is 0.615. The molecule has 164 valence electrons. The number of benzene rings is 1. The van der Waals surface area contributed by atoms with Crippen molar-refractivity contribution in [2.75, 3.05) is 27.3 Å². The Bertz CT molecular complexity index is 997. The fourth-order valence-corrected chi connectivity index (χ4v) is 4.21. The Kier molecular flexibility index (Phi) is 6.53. The molecule has 1 saturated heterocycles. The van der Waals surface area contributed by atoms with E-state index in [-0.39, 0.29) is 5.92 Å². The summed E-state index contributed by atoms with van der Waals surface area (Å²) in [6.07, 6.45) is 4.89. The molecular weight excluding hydrogens is 394 g/mol. The van der Waals surface area contributed by atoms with Crippen molar-refractivity contribution >= 4 is 0 Å². The maximum atomic E-state index is 10.7. The number of aryl methyl sites for hydroxylation is 1. The summed E-state index contributed by atoms with van der Waals surface area (Å²) >= 11 is 0. The number of likely N-dealkylation sites (tertiary alicyclic amines) is 1. The van der Waals surface area contributed by atoms with Crippen LogP contribution >= 0.6 is 0 Å². The Hall–Kier alpha value is -2.90. The van der Waals surface area contributed by atoms with E-state index in [1.54, 1.807) is 26.6 Å². The second-order valence-corrected chi connectivity index (χ2v) is 7.91. The molecule has 1 aliphatic heterocycles. The topological polar surface area (TPSA) is 80.9 Å². The lowest BCUT2D eigenvalue weighted by Crippen LogP contribution is -2.35. The molecule has 3 aromatic rings. The van der Waals surface area contributed by atoms with Gasteiger partial charge < -0.3 is 19.0 Å². The van der Waals surface area contributed by atoms with Crippen molar-refractivity contribution in [3.8, 4) is 23.0 Å². The van der Waals surface area contributed by atoms with Gasteiger partial charge in [-0.2, -0.15) is 0 Å². The highest BCUT2D eigenvalue weighted by atomic mass is 16.5. The minimum absolute atomic E-state index is 0.246. The summed E-state index contributed by atoms with van der Waals surface area (Å²) in [5.41, 5.74) is 2.59. The number of piperidine rings is 1. The number of hydrogen-bond acceptors (Lipinski definition) is 7. The van der Waals surface area contributed by atoms with E-state index >= 15 is 0 Å². The van der Waals surface area contributed by atoms with Crippen LogP contribution in [0.25, 0.3) is 11.5 Å². The Morgan fingerprint density at radius 2 is 1.97 bits per heavy atom. The number of aliphatic hydroxyl groups excluding tert-OH is 1. The number of aromatic nitrogens is 2. The van der Waals surface area contributed by atoms with Crippen LogP contribution in [0.2, 0.25) is 0 Å². The van der Waals surface area contributed by atoms with Crippen molar-refractivity contribution in [2.24, 2.45) is 5.92 Å². The zero-order valence-electron chi connectivity index (χ0n) is 18.2. The highest BCUT2D eigenvalue weighted by molar-refractivity contribution is 5.68. The molecule has 31 heavy (non-hydrogen) atoms. The zero-order valence-corrected chi connectivity index (χ0v) is 18.2. The number of oxazole rings is 1. The normalized spacial score (nSPS) is 16.3. The molecule has 0 spiro atoms. The second-order valence-electron chi connectivity index (χ2n) is 7.91. The number of nitrogens with zero attached hydrogens (tertiary/aromatic N) is 3. The summed E-state index contributed by atoms with van der Waals surface area (Å²) in [5, 5.41) is 10.7. The third-order valence-electron chi connectivity index (χ3n) is 6.00. The molecule has 0 aliphatic carbocycles. The summed E-state index contributed by atoms with van der Waals surface area (Å²) in [7, 11) is 3.23. The molecule has 3 heterocycles. The smallest absolute Gasteiger partial charge is 0.230 e. The van der Waals surface area contributed by atoms with Crippen LogP contribution in [0.1, 0.15) is 36.0 Å². The number of para-hydroxylation sites is 1. The van der Waals surface area contributed by atoms with Gasteiger partial charge in [0.1, 0.15) is 5.76 Å². The monoisotopic (exact) mass is 423 g/mol. The van der Waals surface area contributed by atoms with Gasteiger partial charge in [0.25, 0.3) is 0 Å². The van der Waals surface area contributed by atoms with Crippen LogP contribution in [0.4, 0.5) is 0 Å². The van der Waals surface area contributed by atoms with Crippen LogP contribution in [0.5, 0.6) is 11.5 Å². The average molecular weight is 424 g/mol. The van der Waals surface area contributed by atoms with Crippen molar-refractivity contribution in [1.29, 1.82) is 0 Å². The number of ether oxygens (including phenoxy) is 2. The summed E-state index contributed by atoms with van der Waals surface area (Å²) < 4.78 is 16.9. The summed E-state index contributed by atoms with van der Waals surface area (Å²) in [4.78, 5) is 11.2. The lowest BCUT2D eigenvalue weighted by molar-refractivity contribution is 0.0561. The van der Waals surface area contributed by atoms with Crippen LogP contribution in [-0.2, 0) is 6.54 Å². The van der Waals surface area contributed by atoms with Gasteiger partial charge in [0.05, 0.1) is 31.6 Å². The first-order valence-corrected chi connectivity index (χ1v) is 10.6. The van der Waals surface area contributed by atoms with Gasteiger partial charge in [-0.15, -0.1) is 0 Å². The molecule has 2 aromatic heterocycles. The first-order chi connectivity index (χ1) is 15.1. The van der Waals surface area contributed by atoms with E-state index in [9.17, 15) is 5.11 Å². The molecule has 1 aliphatic rings. The molecular formula is C24H29N3O4. The fourth-order valence-electron chi connectivity index (χ4n) is 4.21. The van der Waals surface area contributed by atoms with Crippen LogP contribution < -0.4 is 9.47 Å². The van der Waals surface area contributed by atoms with E-state index in [2.05, 4.69) is 9.88 Å². The van der Waals surface area contributed by atoms with Crippen LogP contribution in [0, 0.1) is 12.8 Å². The molecule has 7 heteroatoms. The minimum atomic E-state index is -0.461. The van der Waals surface area contributed by atoms with Gasteiger partial charge in [0.15, 0.2) is 11.5 Å². The lowest BCUT2D eigenvalue weighted by atomic mass is 9.88. The lowest BCUT2D eigenvalue weighted by Gasteiger charge is -2.33. The molecule has 7 nitrogen and oxygen atoms in total. The molecule has 4 rings (SSSR count). The summed E-state index contributed by atoms with van der Waals surface area (Å²) in [5.74, 6) is 2.84. The van der Waals surface area contributed by atoms with E-state index in [1.807, 2.05) is 37.3 Å². The SMILES string of the molecule is COc1cccc(-c2nc(CN3CCC(C(O)c4cccnc4)CC3)c(C)o2)c1OC. The molecule has 1 aromatic carbocycles. The van der Waals surface area contributed by atoms with Gasteiger partial charge in [-0.3, -0.25) is 9.88 Å². The third-order valence-corrected chi connectivity index (χ3v) is 6.00. The highest BCUT2D eigenvalue weighted by Crippen LogP contribution is 2.38. The van der Waals surface area contributed by atoms with E-state index in [0.29, 0.717) is 17.4 Å². The summed E-state index contributed by atoms with van der Waals surface area (Å²) in [6.45, 7) is 4.48. The molecule has 1 atom stereocenters. The predicted octanol–water partition coefficient (Wildman–Crippen LogP) is 4.01. The number of pyridine rings is 1. The van der Waals surface area contributed by atoms with Gasteiger partial charge in [0.2, 0.25) is 5.89 Å². The Labute approximate surface area is 182 Å². The van der Waals surface area contributed by atoms with Gasteiger partial charge in [-0.05, 0) is 62.5 Å². The van der Waals surface area contributed by atoms with E-state index < -0.39 is 6.10 Å². The van der Waals surface area contributed by atoms with Gasteiger partial charge >= 0.3 is 0 Å². The van der Waals surface area contributed by atoms with Gasteiger partial charge in [-0.25, -0.2) is 4.98 Å². The Morgan fingerprint density at radius 3 is 2.65 bits per heavy atom. The largest absolute Gasteiger partial charge is 0.493 e. The molecule has 0 saturated carbocycles. The maximum absolute atomic E-state index is 10.7. The minimum Gasteiger partial charge on any atom is -0.493 e.